The number of amides is 1. The molecular weight excluding hydrogens is 224 g/mol. The summed E-state index contributed by atoms with van der Waals surface area (Å²) in [6.07, 6.45) is 2.30. The van der Waals surface area contributed by atoms with Crippen molar-refractivity contribution in [1.82, 2.24) is 5.32 Å². The molecular formula is C11H14N2O2S. The van der Waals surface area contributed by atoms with Gasteiger partial charge in [-0.15, -0.1) is 11.3 Å². The Hall–Kier alpha value is -1.54. The van der Waals surface area contributed by atoms with Gasteiger partial charge in [0.15, 0.2) is 5.06 Å². The first-order valence-corrected chi connectivity index (χ1v) is 6.00. The molecule has 0 fully saturated rings. The van der Waals surface area contributed by atoms with Gasteiger partial charge in [-0.25, -0.2) is 4.79 Å². The molecule has 0 radical (unpaired) electrons. The van der Waals surface area contributed by atoms with Gasteiger partial charge >= 0.3 is 6.09 Å². The van der Waals surface area contributed by atoms with E-state index in [1.807, 2.05) is 0 Å². The third kappa shape index (κ3) is 2.97. The van der Waals surface area contributed by atoms with Crippen LogP contribution in [0.25, 0.3) is 0 Å². The minimum absolute atomic E-state index is 0.496. The van der Waals surface area contributed by atoms with E-state index in [-0.39, 0.29) is 0 Å². The molecule has 0 aliphatic carbocycles. The van der Waals surface area contributed by atoms with Crippen LogP contribution in [0.15, 0.2) is 5.38 Å². The number of ether oxygens (including phenoxy) is 1. The zero-order chi connectivity index (χ0) is 12.0. The molecule has 16 heavy (non-hydrogen) atoms. The largest absolute Gasteiger partial charge is 0.413 e. The fourth-order valence-corrected chi connectivity index (χ4v) is 2.17. The molecule has 0 saturated heterocycles. The minimum Gasteiger partial charge on any atom is -0.399 e. The van der Waals surface area contributed by atoms with Crippen molar-refractivity contribution in [2.45, 2.75) is 26.2 Å². The second-order valence-corrected chi connectivity index (χ2v) is 4.11. The van der Waals surface area contributed by atoms with Gasteiger partial charge in [-0.1, -0.05) is 13.3 Å². The van der Waals surface area contributed by atoms with Crippen molar-refractivity contribution in [1.29, 1.82) is 5.26 Å². The highest BCUT2D eigenvalue weighted by Gasteiger charge is 2.14. The summed E-state index contributed by atoms with van der Waals surface area (Å²) in [5.41, 5.74) is 1.45. The Labute approximate surface area is 98.8 Å². The monoisotopic (exact) mass is 238 g/mol. The molecule has 1 heterocycles. The molecule has 0 unspecified atom stereocenters. The van der Waals surface area contributed by atoms with Crippen molar-refractivity contribution in [3.8, 4) is 11.1 Å². The maximum Gasteiger partial charge on any atom is 0.413 e. The molecule has 1 rings (SSSR count). The number of thiophene rings is 1. The van der Waals surface area contributed by atoms with Crippen LogP contribution in [-0.2, 0) is 6.42 Å². The molecule has 0 atom stereocenters. The van der Waals surface area contributed by atoms with Gasteiger partial charge < -0.3 is 10.1 Å². The van der Waals surface area contributed by atoms with Crippen molar-refractivity contribution >= 4 is 17.4 Å². The van der Waals surface area contributed by atoms with E-state index in [1.54, 1.807) is 5.38 Å². The Bertz CT molecular complexity index is 407. The average Bonchev–Trinajstić information content (AvgIpc) is 2.68. The molecule has 0 aliphatic heterocycles. The lowest BCUT2D eigenvalue weighted by Gasteiger charge is -2.04. The normalized spacial score (nSPS) is 9.56. The van der Waals surface area contributed by atoms with Crippen molar-refractivity contribution in [3.05, 3.63) is 16.5 Å². The summed E-state index contributed by atoms with van der Waals surface area (Å²) in [6.45, 7) is 2.08. The summed E-state index contributed by atoms with van der Waals surface area (Å²) in [6, 6.07) is 2.11. The van der Waals surface area contributed by atoms with E-state index in [4.69, 9.17) is 10.00 Å². The number of nitrogens with zero attached hydrogens (tertiary/aromatic N) is 1. The highest BCUT2D eigenvalue weighted by molar-refractivity contribution is 7.12. The van der Waals surface area contributed by atoms with Crippen LogP contribution in [0, 0.1) is 11.3 Å². The van der Waals surface area contributed by atoms with Gasteiger partial charge in [0, 0.05) is 18.0 Å². The summed E-state index contributed by atoms with van der Waals surface area (Å²) < 4.78 is 5.09. The average molecular weight is 238 g/mol. The van der Waals surface area contributed by atoms with Crippen LogP contribution in [-0.4, -0.2) is 13.1 Å². The lowest BCUT2D eigenvalue weighted by molar-refractivity contribution is 0.204. The van der Waals surface area contributed by atoms with Gasteiger partial charge in [0.1, 0.15) is 6.07 Å². The van der Waals surface area contributed by atoms with E-state index < -0.39 is 6.09 Å². The van der Waals surface area contributed by atoms with Gasteiger partial charge in [0.2, 0.25) is 0 Å². The van der Waals surface area contributed by atoms with Crippen molar-refractivity contribution in [2.75, 3.05) is 7.05 Å². The van der Waals surface area contributed by atoms with E-state index in [2.05, 4.69) is 18.3 Å². The Balaban J connectivity index is 2.87. The molecule has 4 nitrogen and oxygen atoms in total. The molecule has 0 bridgehead atoms. The molecule has 1 N–H and O–H groups in total. The molecule has 0 spiro atoms. The lowest BCUT2D eigenvalue weighted by Crippen LogP contribution is -2.22. The van der Waals surface area contributed by atoms with Crippen LogP contribution >= 0.6 is 11.3 Å². The van der Waals surface area contributed by atoms with Crippen molar-refractivity contribution in [3.63, 3.8) is 0 Å². The highest BCUT2D eigenvalue weighted by atomic mass is 32.1. The third-order valence-electron chi connectivity index (χ3n) is 2.15. The van der Waals surface area contributed by atoms with E-state index in [0.717, 1.165) is 24.8 Å². The number of rotatable bonds is 4. The second-order valence-electron chi connectivity index (χ2n) is 3.27. The maximum absolute atomic E-state index is 11.1. The van der Waals surface area contributed by atoms with Crippen molar-refractivity contribution < 1.29 is 9.53 Å². The molecule has 0 aromatic carbocycles. The predicted octanol–water partition coefficient (Wildman–Crippen LogP) is 2.68. The van der Waals surface area contributed by atoms with E-state index in [1.165, 1.54) is 18.4 Å². The standard InChI is InChI=1S/C11H14N2O2S/c1-3-4-5-9-8(6-12)7-16-10(9)15-11(14)13-2/h7H,3-5H2,1-2H3,(H,13,14). The Morgan fingerprint density at radius 1 is 1.69 bits per heavy atom. The SMILES string of the molecule is CCCCc1c(C#N)csc1OC(=O)NC. The smallest absolute Gasteiger partial charge is 0.399 e. The van der Waals surface area contributed by atoms with Gasteiger partial charge in [0.05, 0.1) is 5.56 Å². The van der Waals surface area contributed by atoms with E-state index >= 15 is 0 Å². The quantitative estimate of drug-likeness (QED) is 0.877. The fourth-order valence-electron chi connectivity index (χ4n) is 1.27. The minimum atomic E-state index is -0.496. The topological polar surface area (TPSA) is 62.1 Å². The zero-order valence-corrected chi connectivity index (χ0v) is 10.2. The Morgan fingerprint density at radius 3 is 3.00 bits per heavy atom. The Kier molecular flexibility index (Phi) is 4.80. The first-order valence-electron chi connectivity index (χ1n) is 5.13. The fraction of sp³-hybridized carbons (Fsp3) is 0.455. The number of carbonyl (C=O) groups is 1. The van der Waals surface area contributed by atoms with Crippen LogP contribution in [0.2, 0.25) is 0 Å². The summed E-state index contributed by atoms with van der Waals surface area (Å²) in [4.78, 5) is 11.1. The Morgan fingerprint density at radius 2 is 2.44 bits per heavy atom. The summed E-state index contributed by atoms with van der Waals surface area (Å²) in [5.74, 6) is 0. The van der Waals surface area contributed by atoms with Gasteiger partial charge in [-0.2, -0.15) is 5.26 Å². The molecule has 0 saturated carbocycles. The van der Waals surface area contributed by atoms with Crippen LogP contribution in [0.1, 0.15) is 30.9 Å². The molecule has 86 valence electrons. The number of unbranched alkanes of at least 4 members (excludes halogenated alkanes) is 1. The second kappa shape index (κ2) is 6.13. The highest BCUT2D eigenvalue weighted by Crippen LogP contribution is 2.31. The van der Waals surface area contributed by atoms with Gasteiger partial charge in [-0.3, -0.25) is 0 Å². The molecule has 1 aromatic heterocycles. The van der Waals surface area contributed by atoms with Gasteiger partial charge in [0.25, 0.3) is 0 Å². The maximum atomic E-state index is 11.1. The number of nitrogens with one attached hydrogen (secondary N) is 1. The van der Waals surface area contributed by atoms with Crippen LogP contribution < -0.4 is 10.1 Å². The number of carbonyl (C=O) groups excluding carboxylic acids is 1. The first-order chi connectivity index (χ1) is 7.72. The zero-order valence-electron chi connectivity index (χ0n) is 9.37. The van der Waals surface area contributed by atoms with E-state index in [9.17, 15) is 4.79 Å². The number of nitriles is 1. The third-order valence-corrected chi connectivity index (χ3v) is 3.04. The summed E-state index contributed by atoms with van der Waals surface area (Å²) in [7, 11) is 1.51. The van der Waals surface area contributed by atoms with E-state index in [0.29, 0.717) is 10.6 Å². The molecule has 1 aromatic rings. The molecule has 1 amide bonds. The number of hydrogen-bond donors (Lipinski definition) is 1. The van der Waals surface area contributed by atoms with Crippen molar-refractivity contribution in [2.24, 2.45) is 0 Å². The lowest BCUT2D eigenvalue weighted by atomic mass is 10.1. The molecule has 0 aliphatic rings. The van der Waals surface area contributed by atoms with Crippen LogP contribution in [0.5, 0.6) is 5.06 Å². The molecule has 5 heteroatoms. The number of hydrogen-bond acceptors (Lipinski definition) is 4. The summed E-state index contributed by atoms with van der Waals surface area (Å²) >= 11 is 1.29. The predicted molar refractivity (Wildman–Crippen MR) is 62.7 cm³/mol. The van der Waals surface area contributed by atoms with Crippen LogP contribution in [0.3, 0.4) is 0 Å². The first kappa shape index (κ1) is 12.5. The summed E-state index contributed by atoms with van der Waals surface area (Å²) in [5, 5.41) is 13.6. The van der Waals surface area contributed by atoms with Gasteiger partial charge in [-0.05, 0) is 12.8 Å². The van der Waals surface area contributed by atoms with Crippen LogP contribution in [0.4, 0.5) is 4.79 Å².